The first-order valence-corrected chi connectivity index (χ1v) is 11.6. The number of benzene rings is 1. The van der Waals surface area contributed by atoms with Crippen LogP contribution in [0.15, 0.2) is 18.2 Å². The van der Waals surface area contributed by atoms with Gasteiger partial charge in [-0.25, -0.2) is 0 Å². The Hall–Kier alpha value is -2.72. The highest BCUT2D eigenvalue weighted by atomic mass is 35.5. The number of non-ortho nitro benzene ring substituents is 1. The summed E-state index contributed by atoms with van der Waals surface area (Å²) in [7, 11) is 0. The lowest BCUT2D eigenvalue weighted by Gasteiger charge is -2.38. The molecule has 1 N–H and O–H groups in total. The minimum absolute atomic E-state index is 0.0658. The molecule has 2 atom stereocenters. The minimum Gasteiger partial charge on any atom is -0.481 e. The largest absolute Gasteiger partial charge is 0.481 e. The van der Waals surface area contributed by atoms with Crippen molar-refractivity contribution in [2.75, 3.05) is 26.2 Å². The molecule has 2 aromatic rings. The van der Waals surface area contributed by atoms with E-state index in [2.05, 4.69) is 0 Å². The summed E-state index contributed by atoms with van der Waals surface area (Å²) in [4.78, 5) is 51.7. The number of amides is 2. The van der Waals surface area contributed by atoms with Gasteiger partial charge in [0.15, 0.2) is 0 Å². The van der Waals surface area contributed by atoms with Gasteiger partial charge in [0.25, 0.3) is 11.6 Å². The number of carboxylic acids is 1. The maximum absolute atomic E-state index is 13.1. The van der Waals surface area contributed by atoms with Gasteiger partial charge in [-0.3, -0.25) is 24.5 Å². The SMILES string of the molecule is O=C(O)C1CCCCC1C(=O)N1CCN(C(=O)c2sc3cc([N+](=O)[O-])ccc3c2Cl)CC1. The number of carbonyl (C=O) groups is 3. The third-order valence-electron chi connectivity index (χ3n) is 6.30. The van der Waals surface area contributed by atoms with Gasteiger partial charge in [0, 0.05) is 48.4 Å². The van der Waals surface area contributed by atoms with E-state index in [0.717, 1.165) is 24.2 Å². The fourth-order valence-electron chi connectivity index (χ4n) is 4.54. The van der Waals surface area contributed by atoms with E-state index >= 15 is 0 Å². The number of piperazine rings is 1. The van der Waals surface area contributed by atoms with E-state index in [1.54, 1.807) is 15.9 Å². The molecule has 2 heterocycles. The van der Waals surface area contributed by atoms with Crippen LogP contribution >= 0.6 is 22.9 Å². The van der Waals surface area contributed by atoms with Crippen LogP contribution in [-0.4, -0.2) is 63.8 Å². The molecule has 1 saturated carbocycles. The summed E-state index contributed by atoms with van der Waals surface area (Å²) < 4.78 is 0.568. The smallest absolute Gasteiger partial charge is 0.307 e. The first kappa shape index (κ1) is 22.5. The predicted molar refractivity (Wildman–Crippen MR) is 119 cm³/mol. The number of nitro groups is 1. The number of rotatable bonds is 4. The lowest BCUT2D eigenvalue weighted by molar-refractivity contribution is -0.384. The van der Waals surface area contributed by atoms with Crippen molar-refractivity contribution < 1.29 is 24.4 Å². The molecule has 2 fully saturated rings. The summed E-state index contributed by atoms with van der Waals surface area (Å²) in [6.07, 6.45) is 2.77. The summed E-state index contributed by atoms with van der Waals surface area (Å²) in [6, 6.07) is 4.31. The molecule has 170 valence electrons. The first-order valence-electron chi connectivity index (χ1n) is 10.4. The van der Waals surface area contributed by atoms with Crippen molar-refractivity contribution in [3.63, 3.8) is 0 Å². The van der Waals surface area contributed by atoms with E-state index < -0.39 is 22.7 Å². The molecule has 0 radical (unpaired) electrons. The number of carboxylic acid groups (broad SMARTS) is 1. The Morgan fingerprint density at radius 3 is 2.31 bits per heavy atom. The molecule has 1 aliphatic carbocycles. The fraction of sp³-hybridized carbons (Fsp3) is 0.476. The number of hydrogen-bond donors (Lipinski definition) is 1. The van der Waals surface area contributed by atoms with Gasteiger partial charge < -0.3 is 14.9 Å². The van der Waals surface area contributed by atoms with Gasteiger partial charge in [0.1, 0.15) is 4.88 Å². The molecule has 0 spiro atoms. The van der Waals surface area contributed by atoms with Crippen LogP contribution in [0.2, 0.25) is 5.02 Å². The molecular formula is C21H22ClN3O6S. The molecule has 2 aliphatic rings. The van der Waals surface area contributed by atoms with Crippen LogP contribution < -0.4 is 0 Å². The van der Waals surface area contributed by atoms with Crippen LogP contribution in [0, 0.1) is 22.0 Å². The summed E-state index contributed by atoms with van der Waals surface area (Å²) in [5, 5.41) is 21.3. The van der Waals surface area contributed by atoms with Gasteiger partial charge in [-0.05, 0) is 18.9 Å². The van der Waals surface area contributed by atoms with Crippen molar-refractivity contribution in [2.24, 2.45) is 11.8 Å². The molecule has 4 rings (SSSR count). The fourth-order valence-corrected chi connectivity index (χ4v) is 6.05. The first-order chi connectivity index (χ1) is 15.3. The molecule has 1 aromatic carbocycles. The van der Waals surface area contributed by atoms with E-state index in [1.165, 1.54) is 12.1 Å². The third kappa shape index (κ3) is 4.16. The predicted octanol–water partition coefficient (Wildman–Crippen LogP) is 3.64. The second kappa shape index (κ2) is 9.03. The van der Waals surface area contributed by atoms with Crippen molar-refractivity contribution in [3.05, 3.63) is 38.2 Å². The zero-order chi connectivity index (χ0) is 23.0. The Labute approximate surface area is 192 Å². The topological polar surface area (TPSA) is 121 Å². The van der Waals surface area contributed by atoms with Gasteiger partial charge in [0.2, 0.25) is 5.91 Å². The van der Waals surface area contributed by atoms with Crippen molar-refractivity contribution in [1.29, 1.82) is 0 Å². The second-order valence-electron chi connectivity index (χ2n) is 8.14. The number of nitro benzene ring substituents is 1. The van der Waals surface area contributed by atoms with Crippen LogP contribution in [0.1, 0.15) is 35.4 Å². The van der Waals surface area contributed by atoms with E-state index in [0.29, 0.717) is 54.0 Å². The Bertz CT molecular complexity index is 1090. The van der Waals surface area contributed by atoms with E-state index in [9.17, 15) is 29.6 Å². The Kier molecular flexibility index (Phi) is 6.34. The lowest BCUT2D eigenvalue weighted by atomic mass is 9.78. The molecular weight excluding hydrogens is 458 g/mol. The number of aliphatic carboxylic acids is 1. The van der Waals surface area contributed by atoms with Crippen molar-refractivity contribution in [2.45, 2.75) is 25.7 Å². The zero-order valence-electron chi connectivity index (χ0n) is 17.2. The van der Waals surface area contributed by atoms with Gasteiger partial charge in [0.05, 0.1) is 21.8 Å². The van der Waals surface area contributed by atoms with Crippen molar-refractivity contribution in [3.8, 4) is 0 Å². The number of fused-ring (bicyclic) bond motifs is 1. The van der Waals surface area contributed by atoms with Crippen LogP contribution in [-0.2, 0) is 9.59 Å². The normalized spacial score (nSPS) is 21.5. The summed E-state index contributed by atoms with van der Waals surface area (Å²) in [6.45, 7) is 1.31. The van der Waals surface area contributed by atoms with Gasteiger partial charge in [-0.2, -0.15) is 0 Å². The Morgan fingerprint density at radius 1 is 1.06 bits per heavy atom. The molecule has 2 amide bonds. The number of thiophene rings is 1. The average molecular weight is 480 g/mol. The molecule has 1 aromatic heterocycles. The summed E-state index contributed by atoms with van der Waals surface area (Å²) in [5.74, 6) is -2.48. The molecule has 1 saturated heterocycles. The summed E-state index contributed by atoms with van der Waals surface area (Å²) in [5.41, 5.74) is -0.0658. The number of nitrogens with zero attached hydrogens (tertiary/aromatic N) is 3. The number of halogens is 1. The summed E-state index contributed by atoms with van der Waals surface area (Å²) >= 11 is 7.52. The Morgan fingerprint density at radius 2 is 1.69 bits per heavy atom. The number of carbonyl (C=O) groups excluding carboxylic acids is 2. The monoisotopic (exact) mass is 479 g/mol. The molecule has 32 heavy (non-hydrogen) atoms. The average Bonchev–Trinajstić information content (AvgIpc) is 3.14. The van der Waals surface area contributed by atoms with Crippen LogP contribution in [0.5, 0.6) is 0 Å². The van der Waals surface area contributed by atoms with Crippen molar-refractivity contribution >= 4 is 56.5 Å². The van der Waals surface area contributed by atoms with E-state index in [4.69, 9.17) is 11.6 Å². The van der Waals surface area contributed by atoms with Crippen LogP contribution in [0.3, 0.4) is 0 Å². The molecule has 1 aliphatic heterocycles. The van der Waals surface area contributed by atoms with Gasteiger partial charge in [-0.15, -0.1) is 11.3 Å². The lowest BCUT2D eigenvalue weighted by Crippen LogP contribution is -2.53. The van der Waals surface area contributed by atoms with Gasteiger partial charge in [-0.1, -0.05) is 24.4 Å². The molecule has 9 nitrogen and oxygen atoms in total. The molecule has 0 bridgehead atoms. The highest BCUT2D eigenvalue weighted by Crippen LogP contribution is 2.38. The third-order valence-corrected chi connectivity index (χ3v) is 7.94. The van der Waals surface area contributed by atoms with E-state index in [1.807, 2.05) is 0 Å². The maximum atomic E-state index is 13.1. The second-order valence-corrected chi connectivity index (χ2v) is 9.57. The van der Waals surface area contributed by atoms with Crippen molar-refractivity contribution in [1.82, 2.24) is 9.80 Å². The molecule has 11 heteroatoms. The highest BCUT2D eigenvalue weighted by Gasteiger charge is 2.39. The van der Waals surface area contributed by atoms with Gasteiger partial charge >= 0.3 is 5.97 Å². The van der Waals surface area contributed by atoms with E-state index in [-0.39, 0.29) is 22.5 Å². The highest BCUT2D eigenvalue weighted by molar-refractivity contribution is 7.21. The number of hydrogen-bond acceptors (Lipinski definition) is 6. The maximum Gasteiger partial charge on any atom is 0.307 e. The Balaban J connectivity index is 1.44. The van der Waals surface area contributed by atoms with Crippen LogP contribution in [0.4, 0.5) is 5.69 Å². The van der Waals surface area contributed by atoms with Crippen LogP contribution in [0.25, 0.3) is 10.1 Å². The quantitative estimate of drug-likeness (QED) is 0.527. The minimum atomic E-state index is -0.920. The zero-order valence-corrected chi connectivity index (χ0v) is 18.7. The molecule has 2 unspecified atom stereocenters. The standard InChI is InChI=1S/C21H22ClN3O6S/c22-17-15-6-5-12(25(30)31)11-16(15)32-18(17)20(27)24-9-7-23(8-10-24)19(26)13-3-1-2-4-14(13)21(28)29/h5-6,11,13-14H,1-4,7-10H2,(H,28,29).